The number of carboxylic acids is 1. The molecule has 0 aromatic carbocycles. The first-order valence-corrected chi connectivity index (χ1v) is 6.86. The van der Waals surface area contributed by atoms with E-state index >= 15 is 0 Å². The van der Waals surface area contributed by atoms with Crippen LogP contribution in [0.1, 0.15) is 27.2 Å². The fourth-order valence-electron chi connectivity index (χ4n) is 1.51. The minimum Gasteiger partial charge on any atom is -0.478 e. The molecule has 0 fully saturated rings. The van der Waals surface area contributed by atoms with Gasteiger partial charge in [0.25, 0.3) is 5.91 Å². The number of carbonyl (C=O) groups is 3. The van der Waals surface area contributed by atoms with Gasteiger partial charge in [0, 0.05) is 30.8 Å². The van der Waals surface area contributed by atoms with Crippen molar-refractivity contribution >= 4 is 17.9 Å². The van der Waals surface area contributed by atoms with Gasteiger partial charge in [-0.15, -0.1) is 0 Å². The van der Waals surface area contributed by atoms with Gasteiger partial charge in [-0.25, -0.2) is 9.59 Å². The standard InChI is InChI=1S/C14H25N3O4/c1-6-7-17(9-8-16(4)5)14(21)15-12(18)10(2)11(3)13(19)20/h6-9H2,1-5H3,(H,19,20)(H,15,18,21). The van der Waals surface area contributed by atoms with Crippen molar-refractivity contribution in [3.05, 3.63) is 11.1 Å². The lowest BCUT2D eigenvalue weighted by Crippen LogP contribution is -2.46. The van der Waals surface area contributed by atoms with Crippen molar-refractivity contribution in [3.63, 3.8) is 0 Å². The number of hydrogen-bond acceptors (Lipinski definition) is 4. The minimum atomic E-state index is -1.17. The topological polar surface area (TPSA) is 90.0 Å². The number of nitrogens with one attached hydrogen (secondary N) is 1. The molecule has 0 aromatic rings. The molecule has 120 valence electrons. The third kappa shape index (κ3) is 6.89. The van der Waals surface area contributed by atoms with E-state index in [0.717, 1.165) is 6.42 Å². The van der Waals surface area contributed by atoms with Crippen LogP contribution in [0, 0.1) is 0 Å². The van der Waals surface area contributed by atoms with E-state index in [-0.39, 0.29) is 11.1 Å². The number of rotatable bonds is 7. The molecule has 0 radical (unpaired) electrons. The number of hydrogen-bond donors (Lipinski definition) is 2. The summed E-state index contributed by atoms with van der Waals surface area (Å²) < 4.78 is 0. The highest BCUT2D eigenvalue weighted by molar-refractivity contribution is 6.07. The zero-order valence-corrected chi connectivity index (χ0v) is 13.4. The number of amides is 3. The lowest BCUT2D eigenvalue weighted by atomic mass is 10.1. The molecule has 2 N–H and O–H groups in total. The fraction of sp³-hybridized carbons (Fsp3) is 0.643. The molecule has 0 rings (SSSR count). The quantitative estimate of drug-likeness (QED) is 0.682. The van der Waals surface area contributed by atoms with Gasteiger partial charge in [0.1, 0.15) is 0 Å². The van der Waals surface area contributed by atoms with Crippen molar-refractivity contribution in [3.8, 4) is 0 Å². The first-order chi connectivity index (χ1) is 9.70. The number of nitrogens with zero attached hydrogens (tertiary/aromatic N) is 2. The second-order valence-corrected chi connectivity index (χ2v) is 5.10. The van der Waals surface area contributed by atoms with E-state index in [9.17, 15) is 14.4 Å². The lowest BCUT2D eigenvalue weighted by Gasteiger charge is -2.24. The first kappa shape index (κ1) is 19.1. The van der Waals surface area contributed by atoms with Crippen LogP contribution >= 0.6 is 0 Å². The van der Waals surface area contributed by atoms with Crippen LogP contribution in [0.2, 0.25) is 0 Å². The van der Waals surface area contributed by atoms with Gasteiger partial charge in [0.15, 0.2) is 0 Å². The molecule has 0 unspecified atom stereocenters. The molecule has 0 heterocycles. The van der Waals surface area contributed by atoms with Crippen LogP contribution in [0.5, 0.6) is 0 Å². The van der Waals surface area contributed by atoms with Gasteiger partial charge in [-0.3, -0.25) is 10.1 Å². The molecule has 0 saturated carbocycles. The molecule has 0 aromatic heterocycles. The SMILES string of the molecule is CCCN(CCN(C)C)C(=O)NC(=O)C(C)=C(C)C(=O)O. The third-order valence-electron chi connectivity index (χ3n) is 3.04. The first-order valence-electron chi connectivity index (χ1n) is 6.86. The summed E-state index contributed by atoms with van der Waals surface area (Å²) in [5.41, 5.74) is -0.0458. The second kappa shape index (κ2) is 9.12. The number of likely N-dealkylation sites (N-methyl/N-ethyl adjacent to an activating group) is 1. The zero-order valence-electron chi connectivity index (χ0n) is 13.4. The highest BCUT2D eigenvalue weighted by atomic mass is 16.4. The molecule has 0 bridgehead atoms. The predicted octanol–water partition coefficient (Wildman–Crippen LogP) is 0.917. The van der Waals surface area contributed by atoms with Crippen LogP contribution in [-0.2, 0) is 9.59 Å². The van der Waals surface area contributed by atoms with Crippen molar-refractivity contribution in [2.75, 3.05) is 33.7 Å². The van der Waals surface area contributed by atoms with E-state index in [1.54, 1.807) is 4.90 Å². The molecule has 0 spiro atoms. The van der Waals surface area contributed by atoms with Crippen LogP contribution in [0.15, 0.2) is 11.1 Å². The van der Waals surface area contributed by atoms with E-state index in [1.807, 2.05) is 25.9 Å². The Bertz CT molecular complexity index is 430. The number of urea groups is 1. The lowest BCUT2D eigenvalue weighted by molar-refractivity contribution is -0.133. The van der Waals surface area contributed by atoms with Gasteiger partial charge in [-0.05, 0) is 34.4 Å². The Morgan fingerprint density at radius 2 is 1.57 bits per heavy atom. The van der Waals surface area contributed by atoms with Crippen molar-refractivity contribution in [1.29, 1.82) is 0 Å². The summed E-state index contributed by atoms with van der Waals surface area (Å²) in [6, 6.07) is -0.499. The molecule has 7 nitrogen and oxygen atoms in total. The molecule has 0 aliphatic heterocycles. The van der Waals surface area contributed by atoms with E-state index in [4.69, 9.17) is 5.11 Å². The van der Waals surface area contributed by atoms with Crippen LogP contribution in [0.25, 0.3) is 0 Å². The molecule has 0 saturated heterocycles. The number of carbonyl (C=O) groups excluding carboxylic acids is 2. The third-order valence-corrected chi connectivity index (χ3v) is 3.04. The highest BCUT2D eigenvalue weighted by Gasteiger charge is 2.19. The Kier molecular flexibility index (Phi) is 8.30. The monoisotopic (exact) mass is 299 g/mol. The number of carboxylic acid groups (broad SMARTS) is 1. The molecule has 7 heteroatoms. The van der Waals surface area contributed by atoms with Crippen molar-refractivity contribution in [2.45, 2.75) is 27.2 Å². The maximum Gasteiger partial charge on any atom is 0.331 e. The largest absolute Gasteiger partial charge is 0.478 e. The summed E-state index contributed by atoms with van der Waals surface area (Å²) in [7, 11) is 3.80. The van der Waals surface area contributed by atoms with Crippen LogP contribution < -0.4 is 5.32 Å². The molecule has 0 aliphatic rings. The fourth-order valence-corrected chi connectivity index (χ4v) is 1.51. The van der Waals surface area contributed by atoms with Gasteiger partial charge >= 0.3 is 12.0 Å². The summed E-state index contributed by atoms with van der Waals surface area (Å²) in [5, 5.41) is 11.1. The maximum absolute atomic E-state index is 12.1. The van der Waals surface area contributed by atoms with Crippen molar-refractivity contribution in [1.82, 2.24) is 15.1 Å². The smallest absolute Gasteiger partial charge is 0.331 e. The zero-order chi connectivity index (χ0) is 16.6. The maximum atomic E-state index is 12.1. The Hall–Kier alpha value is -1.89. The Labute approximate surface area is 125 Å². The normalized spacial score (nSPS) is 11.9. The summed E-state index contributed by atoms with van der Waals surface area (Å²) >= 11 is 0. The van der Waals surface area contributed by atoms with Crippen LogP contribution in [0.4, 0.5) is 4.79 Å². The van der Waals surface area contributed by atoms with Gasteiger partial charge in [0.2, 0.25) is 0 Å². The van der Waals surface area contributed by atoms with E-state index in [1.165, 1.54) is 13.8 Å². The number of imide groups is 1. The minimum absolute atomic E-state index is 0.0277. The molecule has 0 aliphatic carbocycles. The Morgan fingerprint density at radius 3 is 2.00 bits per heavy atom. The van der Waals surface area contributed by atoms with Gasteiger partial charge in [0.05, 0.1) is 0 Å². The summed E-state index contributed by atoms with van der Waals surface area (Å²) in [6.45, 7) is 6.38. The average Bonchev–Trinajstić information content (AvgIpc) is 2.40. The second-order valence-electron chi connectivity index (χ2n) is 5.10. The summed E-state index contributed by atoms with van der Waals surface area (Å²) in [5.74, 6) is -1.85. The molecule has 21 heavy (non-hydrogen) atoms. The average molecular weight is 299 g/mol. The summed E-state index contributed by atoms with van der Waals surface area (Å²) in [6.07, 6.45) is 0.776. The summed E-state index contributed by atoms with van der Waals surface area (Å²) in [4.78, 5) is 38.2. The van der Waals surface area contributed by atoms with Crippen LogP contribution in [0.3, 0.4) is 0 Å². The Morgan fingerprint density at radius 1 is 1.00 bits per heavy atom. The molecule has 3 amide bonds. The van der Waals surface area contributed by atoms with E-state index < -0.39 is 17.9 Å². The van der Waals surface area contributed by atoms with Crippen LogP contribution in [-0.4, -0.2) is 66.5 Å². The number of aliphatic carboxylic acids is 1. The molecular weight excluding hydrogens is 274 g/mol. The highest BCUT2D eigenvalue weighted by Crippen LogP contribution is 2.04. The Balaban J connectivity index is 4.78. The van der Waals surface area contributed by atoms with E-state index in [0.29, 0.717) is 19.6 Å². The predicted molar refractivity (Wildman–Crippen MR) is 80.0 cm³/mol. The molecular formula is C14H25N3O4. The van der Waals surface area contributed by atoms with Gasteiger partial charge in [-0.1, -0.05) is 6.92 Å². The van der Waals surface area contributed by atoms with Crippen molar-refractivity contribution < 1.29 is 19.5 Å². The van der Waals surface area contributed by atoms with Gasteiger partial charge < -0.3 is 14.9 Å². The molecule has 0 atom stereocenters. The van der Waals surface area contributed by atoms with Gasteiger partial charge in [-0.2, -0.15) is 0 Å². The van der Waals surface area contributed by atoms with Crippen molar-refractivity contribution in [2.24, 2.45) is 0 Å². The van der Waals surface area contributed by atoms with E-state index in [2.05, 4.69) is 5.32 Å².